The van der Waals surface area contributed by atoms with E-state index >= 15 is 0 Å². The van der Waals surface area contributed by atoms with Crippen LogP contribution < -0.4 is 10.1 Å². The number of fused-ring (bicyclic) bond motifs is 1. The van der Waals surface area contributed by atoms with Crippen molar-refractivity contribution in [3.63, 3.8) is 0 Å². The maximum Gasteiger partial charge on any atom is 0.123 e. The van der Waals surface area contributed by atoms with E-state index < -0.39 is 0 Å². The van der Waals surface area contributed by atoms with Gasteiger partial charge < -0.3 is 15.2 Å². The van der Waals surface area contributed by atoms with Gasteiger partial charge in [0.25, 0.3) is 0 Å². The van der Waals surface area contributed by atoms with Gasteiger partial charge in [0, 0.05) is 12.1 Å². The van der Waals surface area contributed by atoms with E-state index in [4.69, 9.17) is 4.74 Å². The molecule has 2 aromatic rings. The van der Waals surface area contributed by atoms with E-state index in [9.17, 15) is 5.11 Å². The van der Waals surface area contributed by atoms with E-state index in [1.165, 1.54) is 11.1 Å². The molecule has 0 spiro atoms. The summed E-state index contributed by atoms with van der Waals surface area (Å²) in [7, 11) is 1.70. The minimum absolute atomic E-state index is 0.177. The molecule has 1 atom stereocenters. The number of hydrogen-bond donors (Lipinski definition) is 2. The van der Waals surface area contributed by atoms with Gasteiger partial charge in [0.05, 0.1) is 13.2 Å². The number of rotatable bonds is 2. The minimum Gasteiger partial charge on any atom is -0.508 e. The molecule has 0 aromatic heterocycles. The van der Waals surface area contributed by atoms with Crippen molar-refractivity contribution < 1.29 is 9.84 Å². The molecule has 0 aliphatic carbocycles. The fraction of sp³-hybridized carbons (Fsp3) is 0.200. The van der Waals surface area contributed by atoms with Crippen LogP contribution in [-0.2, 0) is 6.54 Å². The molecule has 0 bridgehead atoms. The van der Waals surface area contributed by atoms with Gasteiger partial charge in [0.15, 0.2) is 0 Å². The van der Waals surface area contributed by atoms with Gasteiger partial charge in [-0.15, -0.1) is 0 Å². The van der Waals surface area contributed by atoms with Gasteiger partial charge in [0.2, 0.25) is 0 Å². The minimum atomic E-state index is 0.177. The van der Waals surface area contributed by atoms with Crippen molar-refractivity contribution in [1.82, 2.24) is 5.32 Å². The van der Waals surface area contributed by atoms with Crippen LogP contribution in [0.1, 0.15) is 22.7 Å². The number of benzene rings is 2. The van der Waals surface area contributed by atoms with Gasteiger partial charge in [-0.25, -0.2) is 0 Å². The summed E-state index contributed by atoms with van der Waals surface area (Å²) in [6.45, 7) is 0.810. The molecule has 0 radical (unpaired) electrons. The van der Waals surface area contributed by atoms with Crippen LogP contribution in [0.5, 0.6) is 11.5 Å². The van der Waals surface area contributed by atoms with Crippen molar-refractivity contribution in [1.29, 1.82) is 0 Å². The largest absolute Gasteiger partial charge is 0.508 e. The molecule has 18 heavy (non-hydrogen) atoms. The molecule has 2 N–H and O–H groups in total. The number of methoxy groups -OCH3 is 1. The molecular weight excluding hydrogens is 226 g/mol. The van der Waals surface area contributed by atoms with Crippen LogP contribution in [-0.4, -0.2) is 12.2 Å². The highest BCUT2D eigenvalue weighted by molar-refractivity contribution is 5.48. The molecule has 1 aliphatic heterocycles. The molecule has 1 unspecified atom stereocenters. The average molecular weight is 241 g/mol. The van der Waals surface area contributed by atoms with Crippen LogP contribution in [0.4, 0.5) is 0 Å². The van der Waals surface area contributed by atoms with Crippen molar-refractivity contribution in [2.75, 3.05) is 7.11 Å². The quantitative estimate of drug-likeness (QED) is 0.849. The van der Waals surface area contributed by atoms with Gasteiger partial charge in [-0.1, -0.05) is 24.3 Å². The molecule has 0 amide bonds. The molecule has 3 heteroatoms. The van der Waals surface area contributed by atoms with Crippen LogP contribution in [0.3, 0.4) is 0 Å². The first-order valence-corrected chi connectivity index (χ1v) is 5.97. The average Bonchev–Trinajstić information content (AvgIpc) is 2.83. The number of hydrogen-bond acceptors (Lipinski definition) is 3. The molecule has 0 saturated carbocycles. The Kier molecular flexibility index (Phi) is 2.68. The van der Waals surface area contributed by atoms with Crippen molar-refractivity contribution in [2.45, 2.75) is 12.6 Å². The molecule has 0 saturated heterocycles. The predicted molar refractivity (Wildman–Crippen MR) is 69.8 cm³/mol. The monoisotopic (exact) mass is 241 g/mol. The summed E-state index contributed by atoms with van der Waals surface area (Å²) in [6.07, 6.45) is 0. The maximum absolute atomic E-state index is 9.34. The molecular formula is C15H15NO2. The summed E-state index contributed by atoms with van der Waals surface area (Å²) in [5, 5.41) is 12.8. The zero-order valence-corrected chi connectivity index (χ0v) is 10.2. The fourth-order valence-electron chi connectivity index (χ4n) is 2.51. The first-order chi connectivity index (χ1) is 8.79. The number of nitrogens with one attached hydrogen (secondary N) is 1. The highest BCUT2D eigenvalue weighted by atomic mass is 16.5. The lowest BCUT2D eigenvalue weighted by Crippen LogP contribution is -2.12. The predicted octanol–water partition coefficient (Wildman–Crippen LogP) is 2.59. The second-order valence-electron chi connectivity index (χ2n) is 4.43. The molecule has 2 aromatic carbocycles. The lowest BCUT2D eigenvalue weighted by Gasteiger charge is -2.13. The molecule has 92 valence electrons. The lowest BCUT2D eigenvalue weighted by molar-refractivity contribution is 0.410. The number of phenols is 1. The number of ether oxygens (including phenoxy) is 1. The summed E-state index contributed by atoms with van der Waals surface area (Å²) in [6, 6.07) is 13.6. The van der Waals surface area contributed by atoms with E-state index in [1.54, 1.807) is 19.2 Å². The third-order valence-electron chi connectivity index (χ3n) is 3.41. The number of aromatic hydroxyl groups is 1. The summed E-state index contributed by atoms with van der Waals surface area (Å²) in [5.74, 6) is 1.23. The number of phenolic OH excluding ortho intramolecular Hbond substituents is 1. The Morgan fingerprint density at radius 1 is 1.17 bits per heavy atom. The third kappa shape index (κ3) is 1.73. The van der Waals surface area contributed by atoms with Gasteiger partial charge in [-0.2, -0.15) is 0 Å². The molecule has 1 heterocycles. The SMILES string of the molecule is COc1cccc2c1CNC2c1ccc(O)cc1. The van der Waals surface area contributed by atoms with Gasteiger partial charge in [-0.05, 0) is 29.3 Å². The standard InChI is InChI=1S/C15H15NO2/c1-18-14-4-2-3-12-13(14)9-16-15(12)10-5-7-11(17)8-6-10/h2-8,15-17H,9H2,1H3. The van der Waals surface area contributed by atoms with Crippen LogP contribution in [0, 0.1) is 0 Å². The summed E-state index contributed by atoms with van der Waals surface area (Å²) in [5.41, 5.74) is 3.62. The van der Waals surface area contributed by atoms with E-state index in [2.05, 4.69) is 11.4 Å². The zero-order valence-electron chi connectivity index (χ0n) is 10.2. The Hall–Kier alpha value is -2.00. The smallest absolute Gasteiger partial charge is 0.123 e. The Bertz CT molecular complexity index is 563. The Balaban J connectivity index is 2.02. The van der Waals surface area contributed by atoms with E-state index in [1.807, 2.05) is 24.3 Å². The van der Waals surface area contributed by atoms with Gasteiger partial charge in [-0.3, -0.25) is 0 Å². The molecule has 3 rings (SSSR count). The van der Waals surface area contributed by atoms with Crippen LogP contribution in [0.25, 0.3) is 0 Å². The normalized spacial score (nSPS) is 17.5. The van der Waals surface area contributed by atoms with Crippen molar-refractivity contribution in [2.24, 2.45) is 0 Å². The Labute approximate surface area is 106 Å². The zero-order chi connectivity index (χ0) is 12.5. The van der Waals surface area contributed by atoms with Crippen LogP contribution in [0.2, 0.25) is 0 Å². The fourth-order valence-corrected chi connectivity index (χ4v) is 2.51. The van der Waals surface area contributed by atoms with E-state index in [0.717, 1.165) is 17.9 Å². The molecule has 0 fully saturated rings. The van der Waals surface area contributed by atoms with Crippen LogP contribution in [0.15, 0.2) is 42.5 Å². The van der Waals surface area contributed by atoms with Crippen molar-refractivity contribution in [3.05, 3.63) is 59.2 Å². The highest BCUT2D eigenvalue weighted by Gasteiger charge is 2.25. The molecule has 1 aliphatic rings. The highest BCUT2D eigenvalue weighted by Crippen LogP contribution is 2.36. The van der Waals surface area contributed by atoms with Crippen molar-refractivity contribution in [3.8, 4) is 11.5 Å². The summed E-state index contributed by atoms with van der Waals surface area (Å²) in [4.78, 5) is 0. The Morgan fingerprint density at radius 2 is 1.94 bits per heavy atom. The lowest BCUT2D eigenvalue weighted by atomic mass is 9.98. The van der Waals surface area contributed by atoms with Crippen molar-refractivity contribution >= 4 is 0 Å². The topological polar surface area (TPSA) is 41.5 Å². The van der Waals surface area contributed by atoms with Gasteiger partial charge >= 0.3 is 0 Å². The van der Waals surface area contributed by atoms with E-state index in [-0.39, 0.29) is 6.04 Å². The molecule has 3 nitrogen and oxygen atoms in total. The summed E-state index contributed by atoms with van der Waals surface area (Å²) < 4.78 is 5.38. The second-order valence-corrected chi connectivity index (χ2v) is 4.43. The van der Waals surface area contributed by atoms with Crippen LogP contribution >= 0.6 is 0 Å². The Morgan fingerprint density at radius 3 is 2.67 bits per heavy atom. The van der Waals surface area contributed by atoms with Gasteiger partial charge in [0.1, 0.15) is 11.5 Å². The second kappa shape index (κ2) is 4.35. The third-order valence-corrected chi connectivity index (χ3v) is 3.41. The first-order valence-electron chi connectivity index (χ1n) is 5.97. The maximum atomic E-state index is 9.34. The van der Waals surface area contributed by atoms with E-state index in [0.29, 0.717) is 5.75 Å². The first kappa shape index (κ1) is 11.1. The summed E-state index contributed by atoms with van der Waals surface area (Å²) >= 11 is 0.